The minimum absolute atomic E-state index is 0.138. The number of thiophene rings is 1. The number of allylic oxidation sites excluding steroid dienone is 1. The number of halogens is 1. The highest BCUT2D eigenvalue weighted by atomic mass is 32.1. The van der Waals surface area contributed by atoms with Crippen LogP contribution in [0.4, 0.5) is 9.52 Å². The van der Waals surface area contributed by atoms with Gasteiger partial charge in [-0.1, -0.05) is 12.1 Å². The van der Waals surface area contributed by atoms with Crippen molar-refractivity contribution in [2.24, 2.45) is 0 Å². The zero-order chi connectivity index (χ0) is 22.0. The molecule has 0 bridgehead atoms. The van der Waals surface area contributed by atoms with Gasteiger partial charge in [0.1, 0.15) is 11.6 Å². The van der Waals surface area contributed by atoms with Crippen molar-refractivity contribution in [1.29, 1.82) is 0 Å². The number of hydrogen-bond acceptors (Lipinski definition) is 7. The Bertz CT molecular complexity index is 1320. The van der Waals surface area contributed by atoms with Crippen LogP contribution in [-0.4, -0.2) is 32.8 Å². The molecule has 0 aliphatic carbocycles. The van der Waals surface area contributed by atoms with E-state index in [0.29, 0.717) is 43.4 Å². The molecule has 3 aromatic heterocycles. The van der Waals surface area contributed by atoms with Gasteiger partial charge in [-0.25, -0.2) is 9.37 Å². The van der Waals surface area contributed by atoms with Crippen LogP contribution in [0.1, 0.15) is 26.8 Å². The predicted molar refractivity (Wildman–Crippen MR) is 123 cm³/mol. The van der Waals surface area contributed by atoms with Crippen molar-refractivity contribution < 1.29 is 13.9 Å². The topological polar surface area (TPSA) is 84.8 Å². The first kappa shape index (κ1) is 21.5. The lowest BCUT2D eigenvalue weighted by molar-refractivity contribution is 0.102. The lowest BCUT2D eigenvalue weighted by Gasteiger charge is -2.04. The van der Waals surface area contributed by atoms with Crippen LogP contribution in [0, 0.1) is 10.6 Å². The molecule has 1 aromatic carbocycles. The van der Waals surface area contributed by atoms with E-state index >= 15 is 0 Å². The number of aromatic amines is 1. The van der Waals surface area contributed by atoms with Gasteiger partial charge >= 0.3 is 0 Å². The lowest BCUT2D eigenvalue weighted by Crippen LogP contribution is -2.12. The number of amides is 1. The van der Waals surface area contributed by atoms with Crippen LogP contribution >= 0.6 is 34.9 Å². The van der Waals surface area contributed by atoms with E-state index in [1.54, 1.807) is 18.2 Å². The van der Waals surface area contributed by atoms with Crippen molar-refractivity contribution >= 4 is 56.0 Å². The maximum absolute atomic E-state index is 14.4. The third-order valence-corrected chi connectivity index (χ3v) is 6.83. The van der Waals surface area contributed by atoms with Crippen LogP contribution in [0.2, 0.25) is 0 Å². The van der Waals surface area contributed by atoms with Gasteiger partial charge in [-0.05, 0) is 24.4 Å². The molecule has 160 valence electrons. The van der Waals surface area contributed by atoms with Crippen molar-refractivity contribution in [3.63, 3.8) is 0 Å². The first-order valence-electron chi connectivity index (χ1n) is 9.21. The Hall–Kier alpha value is -2.73. The van der Waals surface area contributed by atoms with Gasteiger partial charge < -0.3 is 4.74 Å². The molecule has 7 nitrogen and oxygen atoms in total. The zero-order valence-electron chi connectivity index (χ0n) is 16.5. The number of aromatic nitrogens is 4. The normalized spacial score (nSPS) is 11.2. The molecule has 4 aromatic rings. The number of fused-ring (bicyclic) bond motifs is 1. The Morgan fingerprint density at radius 2 is 2.32 bits per heavy atom. The fourth-order valence-corrected chi connectivity index (χ4v) is 5.24. The molecule has 0 aliphatic rings. The van der Waals surface area contributed by atoms with Crippen molar-refractivity contribution in [1.82, 2.24) is 19.7 Å². The van der Waals surface area contributed by atoms with Gasteiger partial charge in [0, 0.05) is 34.7 Å². The third-order valence-electron chi connectivity index (χ3n) is 4.52. The van der Waals surface area contributed by atoms with Crippen LogP contribution in [0.15, 0.2) is 36.2 Å². The minimum Gasteiger partial charge on any atom is -0.380 e. The van der Waals surface area contributed by atoms with Gasteiger partial charge in [-0.15, -0.1) is 29.3 Å². The van der Waals surface area contributed by atoms with Gasteiger partial charge in [0.15, 0.2) is 9.90 Å². The summed E-state index contributed by atoms with van der Waals surface area (Å²) in [4.78, 5) is 17.8. The molecular formula is C20H18FN5O2S3. The molecule has 1 amide bonds. The summed E-state index contributed by atoms with van der Waals surface area (Å²) in [5.41, 5.74) is 1.29. The number of carbonyl (C=O) groups excluding carboxylic acids is 1. The maximum atomic E-state index is 14.4. The quantitative estimate of drug-likeness (QED) is 0.279. The van der Waals surface area contributed by atoms with Gasteiger partial charge in [0.2, 0.25) is 0 Å². The van der Waals surface area contributed by atoms with Gasteiger partial charge in [-0.3, -0.25) is 19.8 Å². The summed E-state index contributed by atoms with van der Waals surface area (Å²) in [7, 11) is 1.51. The minimum atomic E-state index is -0.371. The largest absolute Gasteiger partial charge is 0.380 e. The third kappa shape index (κ3) is 4.35. The number of carbonyl (C=O) groups is 1. The molecule has 0 spiro atoms. The molecule has 0 unspecified atom stereocenters. The summed E-state index contributed by atoms with van der Waals surface area (Å²) in [6.07, 6.45) is 2.20. The number of methoxy groups -OCH3 is 1. The van der Waals surface area contributed by atoms with E-state index in [4.69, 9.17) is 17.0 Å². The first-order chi connectivity index (χ1) is 15.0. The predicted octanol–water partition coefficient (Wildman–Crippen LogP) is 4.93. The lowest BCUT2D eigenvalue weighted by atomic mass is 10.1. The number of nitrogens with zero attached hydrogens (tertiary/aromatic N) is 3. The molecule has 3 heterocycles. The Morgan fingerprint density at radius 1 is 1.48 bits per heavy atom. The highest BCUT2D eigenvalue weighted by Gasteiger charge is 2.21. The van der Waals surface area contributed by atoms with Crippen LogP contribution in [0.25, 0.3) is 10.1 Å². The number of nitrogens with one attached hydrogen (secondary N) is 2. The molecule has 0 saturated heterocycles. The zero-order valence-corrected chi connectivity index (χ0v) is 18.9. The van der Waals surface area contributed by atoms with Crippen LogP contribution in [0.5, 0.6) is 0 Å². The summed E-state index contributed by atoms with van der Waals surface area (Å²) in [5.74, 6) is 0.0163. The van der Waals surface area contributed by atoms with Crippen molar-refractivity contribution in [3.8, 4) is 0 Å². The summed E-state index contributed by atoms with van der Waals surface area (Å²) >= 11 is 7.77. The summed E-state index contributed by atoms with van der Waals surface area (Å²) in [6.45, 7) is 4.41. The van der Waals surface area contributed by atoms with E-state index < -0.39 is 0 Å². The number of anilines is 1. The first-order valence-corrected chi connectivity index (χ1v) is 11.3. The van der Waals surface area contributed by atoms with Crippen molar-refractivity contribution in [3.05, 3.63) is 68.8 Å². The molecule has 11 heteroatoms. The molecule has 0 radical (unpaired) electrons. The molecule has 0 atom stereocenters. The number of rotatable bonds is 8. The monoisotopic (exact) mass is 475 g/mol. The summed E-state index contributed by atoms with van der Waals surface area (Å²) < 4.78 is 22.6. The summed E-state index contributed by atoms with van der Waals surface area (Å²) in [5, 5.41) is 12.6. The second kappa shape index (κ2) is 9.18. The SMILES string of the molecule is C=CCn1c(Cc2csc(NC(=O)c3sc4cccc(F)c4c3COC)n2)n[nH]c1=S. The maximum Gasteiger partial charge on any atom is 0.267 e. The van der Waals surface area contributed by atoms with Gasteiger partial charge in [0.25, 0.3) is 5.91 Å². The van der Waals surface area contributed by atoms with E-state index in [2.05, 4.69) is 27.1 Å². The molecule has 0 saturated carbocycles. The average Bonchev–Trinajstić information content (AvgIpc) is 3.43. The highest BCUT2D eigenvalue weighted by Crippen LogP contribution is 2.34. The second-order valence-electron chi connectivity index (χ2n) is 6.57. The van der Waals surface area contributed by atoms with E-state index in [9.17, 15) is 9.18 Å². The Morgan fingerprint density at radius 3 is 3.10 bits per heavy atom. The van der Waals surface area contributed by atoms with Crippen molar-refractivity contribution in [2.75, 3.05) is 12.4 Å². The fraction of sp³-hybridized carbons (Fsp3) is 0.200. The number of H-pyrrole nitrogens is 1. The van der Waals surface area contributed by atoms with Crippen molar-refractivity contribution in [2.45, 2.75) is 19.6 Å². The highest BCUT2D eigenvalue weighted by molar-refractivity contribution is 7.71. The van der Waals surface area contributed by atoms with Gasteiger partial charge in [-0.2, -0.15) is 5.10 Å². The standard InChI is InChI=1S/C20H18FN5O2S3/c1-3-7-26-15(24-25-20(26)29)8-11-10-30-19(22-11)23-18(27)17-12(9-28-2)16-13(21)5-4-6-14(16)31-17/h3-6,10H,1,7-9H2,2H3,(H,25,29)(H,22,23,27). The van der Waals surface area contributed by atoms with Crippen LogP contribution in [0.3, 0.4) is 0 Å². The second-order valence-corrected chi connectivity index (χ2v) is 8.87. The smallest absolute Gasteiger partial charge is 0.267 e. The molecule has 0 aliphatic heterocycles. The molecular weight excluding hydrogens is 457 g/mol. The fourth-order valence-electron chi connectivity index (χ4n) is 3.20. The van der Waals surface area contributed by atoms with E-state index in [-0.39, 0.29) is 18.3 Å². The Balaban J connectivity index is 1.56. The van der Waals surface area contributed by atoms with Gasteiger partial charge in [0.05, 0.1) is 23.6 Å². The number of thiazole rings is 1. The van der Waals surface area contributed by atoms with E-state index in [0.717, 1.165) is 11.5 Å². The average molecular weight is 476 g/mol. The van der Waals surface area contributed by atoms with Crippen LogP contribution in [-0.2, 0) is 24.3 Å². The molecule has 4 rings (SSSR count). The van der Waals surface area contributed by atoms with E-state index in [1.165, 1.54) is 35.8 Å². The number of benzene rings is 1. The number of hydrogen-bond donors (Lipinski definition) is 2. The van der Waals surface area contributed by atoms with E-state index in [1.807, 2.05) is 9.95 Å². The Labute approximate surface area is 190 Å². The summed E-state index contributed by atoms with van der Waals surface area (Å²) in [6, 6.07) is 4.79. The number of ether oxygens (including phenoxy) is 1. The molecule has 0 fully saturated rings. The molecule has 31 heavy (non-hydrogen) atoms. The molecule has 2 N–H and O–H groups in total. The Kier molecular flexibility index (Phi) is 6.37. The van der Waals surface area contributed by atoms with Crippen LogP contribution < -0.4 is 5.32 Å².